The molecule has 2 heterocycles. The van der Waals surface area contributed by atoms with E-state index in [4.69, 9.17) is 10.8 Å². The topological polar surface area (TPSA) is 93.2 Å². The Hall–Kier alpha value is -2.06. The van der Waals surface area contributed by atoms with Gasteiger partial charge in [-0.05, 0) is 27.7 Å². The third-order valence-corrected chi connectivity index (χ3v) is 5.18. The number of hydrogen-bond donors (Lipinski definition) is 0. The molecule has 0 spiro atoms. The molecule has 0 aromatic carbocycles. The molecule has 162 valence electrons. The summed E-state index contributed by atoms with van der Waals surface area (Å²) >= 11 is 0. The van der Waals surface area contributed by atoms with Crippen molar-refractivity contribution in [3.8, 4) is 0 Å². The minimum atomic E-state index is -1.11. The third-order valence-electron chi connectivity index (χ3n) is 5.18. The van der Waals surface area contributed by atoms with Gasteiger partial charge in [0.1, 0.15) is 24.2 Å². The van der Waals surface area contributed by atoms with Crippen molar-refractivity contribution >= 4 is 23.4 Å². The van der Waals surface area contributed by atoms with E-state index in [1.807, 2.05) is 13.8 Å². The molecule has 0 aromatic rings. The second kappa shape index (κ2) is 9.63. The van der Waals surface area contributed by atoms with Crippen LogP contribution in [0.2, 0.25) is 0 Å². The minimum absolute atomic E-state index is 0.00721. The van der Waals surface area contributed by atoms with Crippen LogP contribution in [0.5, 0.6) is 0 Å². The van der Waals surface area contributed by atoms with Gasteiger partial charge in [-0.25, -0.2) is 0 Å². The number of carbonyl (C=O) groups excluding carboxylic acids is 4. The number of rotatable bonds is 8. The fourth-order valence-corrected chi connectivity index (χ4v) is 3.28. The van der Waals surface area contributed by atoms with Gasteiger partial charge in [0.2, 0.25) is 5.91 Å². The lowest BCUT2D eigenvalue weighted by atomic mass is 10.0. The van der Waals surface area contributed by atoms with Gasteiger partial charge in [-0.3, -0.25) is 29.0 Å². The molecule has 2 aliphatic rings. The largest absolute Gasteiger partial charge is 0.463 e. The number of esters is 1. The highest BCUT2D eigenvalue weighted by molar-refractivity contribution is 6.09. The van der Waals surface area contributed by atoms with E-state index >= 15 is 0 Å². The molecule has 1 fully saturated rings. The van der Waals surface area contributed by atoms with Gasteiger partial charge in [0.05, 0.1) is 12.8 Å². The highest BCUT2D eigenvalue weighted by Gasteiger charge is 2.43. The van der Waals surface area contributed by atoms with Crippen LogP contribution in [0.25, 0.3) is 0 Å². The normalized spacial score (nSPS) is 26.4. The van der Waals surface area contributed by atoms with Crippen molar-refractivity contribution in [3.05, 3.63) is 11.8 Å². The molecular formula is C21H32N2O6. The van der Waals surface area contributed by atoms with E-state index in [9.17, 15) is 19.2 Å². The molecule has 8 nitrogen and oxygen atoms in total. The maximum Gasteiger partial charge on any atom is 0.306 e. The fraction of sp³-hybridized carbons (Fsp3) is 0.714. The molecule has 8 heteroatoms. The van der Waals surface area contributed by atoms with Crippen LogP contribution in [0.3, 0.4) is 0 Å². The van der Waals surface area contributed by atoms with E-state index in [0.29, 0.717) is 25.1 Å². The zero-order valence-electron chi connectivity index (χ0n) is 18.7. The number of amides is 1. The molecule has 0 bridgehead atoms. The Morgan fingerprint density at radius 3 is 2.72 bits per heavy atom. The monoisotopic (exact) mass is 409 g/mol. The Kier molecular flexibility index (Phi) is 7.18. The zero-order valence-corrected chi connectivity index (χ0v) is 17.7. The van der Waals surface area contributed by atoms with Crippen LogP contribution >= 0.6 is 0 Å². The van der Waals surface area contributed by atoms with Crippen LogP contribution in [0, 0.1) is 0 Å². The van der Waals surface area contributed by atoms with Crippen molar-refractivity contribution in [2.45, 2.75) is 78.1 Å². The summed E-state index contributed by atoms with van der Waals surface area (Å²) in [4.78, 5) is 51.3. The van der Waals surface area contributed by atoms with Gasteiger partial charge < -0.3 is 9.47 Å². The highest BCUT2D eigenvalue weighted by atomic mass is 16.6. The predicted octanol–water partition coefficient (Wildman–Crippen LogP) is 1.82. The van der Waals surface area contributed by atoms with Crippen molar-refractivity contribution in [3.63, 3.8) is 0 Å². The van der Waals surface area contributed by atoms with Crippen molar-refractivity contribution in [2.24, 2.45) is 0 Å². The Balaban J connectivity index is 2.15. The molecule has 0 saturated carbocycles. The van der Waals surface area contributed by atoms with Crippen LogP contribution in [0.15, 0.2) is 11.8 Å². The SMILES string of the molecule is [2H]C[C@@]1(COC(=O)CCC(=O)CC)CN(C(C)C)C[C@H](N2C=C(C)C(=O)CC2=O)O1. The zero-order chi connectivity index (χ0) is 22.5. The Bertz CT molecular complexity index is 722. The average molecular weight is 410 g/mol. The van der Waals surface area contributed by atoms with Crippen molar-refractivity contribution in [1.82, 2.24) is 9.80 Å². The Labute approximate surface area is 173 Å². The molecule has 2 aliphatic heterocycles. The lowest BCUT2D eigenvalue weighted by molar-refractivity contribution is -0.214. The Morgan fingerprint density at radius 1 is 1.38 bits per heavy atom. The van der Waals surface area contributed by atoms with Gasteiger partial charge in [0.25, 0.3) is 0 Å². The van der Waals surface area contributed by atoms with E-state index in [1.54, 1.807) is 13.8 Å². The predicted molar refractivity (Wildman–Crippen MR) is 106 cm³/mol. The standard InChI is InChI=1S/C21H32N2O6/c1-6-16(24)7-8-20(27)28-13-21(5)12-22(14(2)3)11-19(29-21)23-10-15(4)17(25)9-18(23)26/h10,14,19H,6-9,11-13H2,1-5H3/t19-,21+/m1/s1/i5D. The number of hydrogen-bond acceptors (Lipinski definition) is 7. The van der Waals surface area contributed by atoms with Gasteiger partial charge >= 0.3 is 5.97 Å². The summed E-state index contributed by atoms with van der Waals surface area (Å²) < 4.78 is 19.6. The van der Waals surface area contributed by atoms with Gasteiger partial charge in [0, 0.05) is 45.1 Å². The lowest BCUT2D eigenvalue weighted by Crippen LogP contribution is -2.62. The number of nitrogens with zero attached hydrogens (tertiary/aromatic N) is 2. The van der Waals surface area contributed by atoms with Gasteiger partial charge in [-0.2, -0.15) is 0 Å². The second-order valence-corrected chi connectivity index (χ2v) is 8.04. The number of morpholine rings is 1. The van der Waals surface area contributed by atoms with Gasteiger partial charge in [-0.1, -0.05) is 6.92 Å². The van der Waals surface area contributed by atoms with Gasteiger partial charge in [-0.15, -0.1) is 0 Å². The molecule has 0 aliphatic carbocycles. The van der Waals surface area contributed by atoms with Crippen LogP contribution in [0.4, 0.5) is 0 Å². The van der Waals surface area contributed by atoms with Crippen molar-refractivity contribution in [1.29, 1.82) is 0 Å². The molecule has 1 amide bonds. The molecule has 0 radical (unpaired) electrons. The van der Waals surface area contributed by atoms with Crippen LogP contribution in [-0.2, 0) is 28.7 Å². The maximum atomic E-state index is 12.5. The smallest absolute Gasteiger partial charge is 0.306 e. The van der Waals surface area contributed by atoms with Crippen LogP contribution < -0.4 is 0 Å². The summed E-state index contributed by atoms with van der Waals surface area (Å²) in [5.41, 5.74) is -0.635. The minimum Gasteiger partial charge on any atom is -0.463 e. The molecular weight excluding hydrogens is 376 g/mol. The summed E-state index contributed by atoms with van der Waals surface area (Å²) in [5.74, 6) is -1.09. The first-order valence-electron chi connectivity index (χ1n) is 10.7. The molecule has 29 heavy (non-hydrogen) atoms. The second-order valence-electron chi connectivity index (χ2n) is 8.04. The van der Waals surface area contributed by atoms with E-state index in [0.717, 1.165) is 0 Å². The van der Waals surface area contributed by atoms with Crippen LogP contribution in [0.1, 0.15) is 61.6 Å². The number of carbonyl (C=O) groups is 4. The first-order valence-corrected chi connectivity index (χ1v) is 10.0. The fourth-order valence-electron chi connectivity index (χ4n) is 3.28. The molecule has 0 aromatic heterocycles. The van der Waals surface area contributed by atoms with E-state index in [-0.39, 0.29) is 56.3 Å². The number of ether oxygens (including phenoxy) is 2. The van der Waals surface area contributed by atoms with E-state index in [1.165, 1.54) is 11.1 Å². The first kappa shape index (κ1) is 21.6. The first-order chi connectivity index (χ1) is 14.1. The summed E-state index contributed by atoms with van der Waals surface area (Å²) in [7, 11) is 0. The highest BCUT2D eigenvalue weighted by Crippen LogP contribution is 2.28. The molecule has 0 unspecified atom stereocenters. The summed E-state index contributed by atoms with van der Waals surface area (Å²) in [6.07, 6.45) is 1.09. The summed E-state index contributed by atoms with van der Waals surface area (Å²) in [6, 6.07) is 0.117. The number of Topliss-reactive ketones (excluding diaryl/α,β-unsaturated/α-hetero) is 2. The average Bonchev–Trinajstić information content (AvgIpc) is 2.72. The van der Waals surface area contributed by atoms with E-state index < -0.39 is 17.8 Å². The quantitative estimate of drug-likeness (QED) is 0.446. The third kappa shape index (κ3) is 6.21. The van der Waals surface area contributed by atoms with E-state index in [2.05, 4.69) is 4.90 Å². The van der Waals surface area contributed by atoms with Crippen molar-refractivity contribution in [2.75, 3.05) is 19.7 Å². The molecule has 2 rings (SSSR count). The maximum absolute atomic E-state index is 12.5. The Morgan fingerprint density at radius 2 is 2.10 bits per heavy atom. The number of allylic oxidation sites excluding steroid dienone is 1. The van der Waals surface area contributed by atoms with Gasteiger partial charge in [0.15, 0.2) is 5.78 Å². The van der Waals surface area contributed by atoms with Crippen molar-refractivity contribution < 1.29 is 30.0 Å². The molecule has 0 N–H and O–H groups in total. The number of ketones is 2. The van der Waals surface area contributed by atoms with Crippen LogP contribution in [-0.4, -0.2) is 70.8 Å². The lowest BCUT2D eigenvalue weighted by Gasteiger charge is -2.48. The summed E-state index contributed by atoms with van der Waals surface area (Å²) in [5, 5.41) is 0. The summed E-state index contributed by atoms with van der Waals surface area (Å²) in [6.45, 7) is 7.88. The molecule has 1 saturated heterocycles. The molecule has 2 atom stereocenters.